The Morgan fingerprint density at radius 2 is 2.60 bits per heavy atom. The predicted octanol–water partition coefficient (Wildman–Crippen LogP) is -0.534. The van der Waals surface area contributed by atoms with Crippen LogP contribution >= 0.6 is 0 Å². The molecule has 0 saturated heterocycles. The van der Waals surface area contributed by atoms with Crippen molar-refractivity contribution >= 4 is 0 Å². The van der Waals surface area contributed by atoms with Crippen LogP contribution in [0, 0.1) is 0 Å². The minimum absolute atomic E-state index is 0.588. The van der Waals surface area contributed by atoms with Crippen molar-refractivity contribution in [3.05, 3.63) is 11.9 Å². The third kappa shape index (κ3) is 1.78. The van der Waals surface area contributed by atoms with E-state index in [9.17, 15) is 0 Å². The minimum atomic E-state index is 0.588. The molecule has 0 bridgehead atoms. The first-order valence-corrected chi connectivity index (χ1v) is 2.94. The molecule has 0 amide bonds. The average Bonchev–Trinajstić information content (AvgIpc) is 2.31. The van der Waals surface area contributed by atoms with Gasteiger partial charge in [0.1, 0.15) is 0 Å². The van der Waals surface area contributed by atoms with Crippen molar-refractivity contribution in [1.82, 2.24) is 20.5 Å². The van der Waals surface area contributed by atoms with Gasteiger partial charge in [0.2, 0.25) is 0 Å². The van der Waals surface area contributed by atoms with E-state index in [-0.39, 0.29) is 0 Å². The highest BCUT2D eigenvalue weighted by molar-refractivity contribution is 4.88. The molecule has 10 heavy (non-hydrogen) atoms. The zero-order valence-electron chi connectivity index (χ0n) is 6.03. The molecule has 1 aromatic rings. The lowest BCUT2D eigenvalue weighted by Crippen LogP contribution is -2.11. The third-order valence-corrected chi connectivity index (χ3v) is 1.04. The molecule has 56 valence electrons. The van der Waals surface area contributed by atoms with E-state index in [1.807, 2.05) is 0 Å². The average molecular weight is 142 g/mol. The van der Waals surface area contributed by atoms with Gasteiger partial charge in [0.05, 0.1) is 25.5 Å². The number of hydrogen-bond donors (Lipinski definition) is 1. The summed E-state index contributed by atoms with van der Waals surface area (Å²) >= 11 is 0. The van der Waals surface area contributed by atoms with E-state index in [0.29, 0.717) is 6.54 Å². The predicted molar refractivity (Wildman–Crippen MR) is 34.9 cm³/mol. The van der Waals surface area contributed by atoms with Crippen LogP contribution in [0.1, 0.15) is 5.69 Å². The fraction of sp³-hybridized carbons (Fsp3) is 0.600. The monoisotopic (exact) mass is 142 g/mol. The quantitative estimate of drug-likeness (QED) is 0.576. The summed E-state index contributed by atoms with van der Waals surface area (Å²) in [6.45, 7) is 0.588. The Bertz CT molecular complexity index is 197. The second-order valence-electron chi connectivity index (χ2n) is 1.85. The summed E-state index contributed by atoms with van der Waals surface area (Å²) in [5, 5.41) is 7.89. The van der Waals surface area contributed by atoms with Crippen LogP contribution in [0.3, 0.4) is 0 Å². The summed E-state index contributed by atoms with van der Waals surface area (Å²) < 4.78 is 0. The van der Waals surface area contributed by atoms with E-state index < -0.39 is 0 Å². The van der Waals surface area contributed by atoms with Crippen LogP contribution < -0.4 is 5.48 Å². The number of nitrogens with zero attached hydrogens (tertiary/aromatic N) is 3. The minimum Gasteiger partial charge on any atom is -0.305 e. The van der Waals surface area contributed by atoms with E-state index in [0.717, 1.165) is 5.69 Å². The van der Waals surface area contributed by atoms with Crippen molar-refractivity contribution < 1.29 is 4.84 Å². The van der Waals surface area contributed by atoms with Crippen molar-refractivity contribution in [2.75, 3.05) is 7.11 Å². The second kappa shape index (κ2) is 3.28. The van der Waals surface area contributed by atoms with E-state index in [2.05, 4.69) is 20.5 Å². The van der Waals surface area contributed by atoms with Crippen molar-refractivity contribution in [3.63, 3.8) is 0 Å². The Hall–Kier alpha value is -0.940. The summed E-state index contributed by atoms with van der Waals surface area (Å²) in [6, 6.07) is 0. The van der Waals surface area contributed by atoms with Crippen LogP contribution in [0.25, 0.3) is 0 Å². The van der Waals surface area contributed by atoms with Crippen molar-refractivity contribution in [3.8, 4) is 0 Å². The first-order chi connectivity index (χ1) is 4.83. The number of nitrogens with one attached hydrogen (secondary N) is 1. The Balaban J connectivity index is 2.42. The SMILES string of the molecule is CONCc1cnn(C)n1. The van der Waals surface area contributed by atoms with Gasteiger partial charge < -0.3 is 4.84 Å². The molecular weight excluding hydrogens is 132 g/mol. The van der Waals surface area contributed by atoms with Crippen LogP contribution in [0.15, 0.2) is 6.20 Å². The lowest BCUT2D eigenvalue weighted by molar-refractivity contribution is 0.0857. The number of rotatable bonds is 3. The molecule has 0 unspecified atom stereocenters. The van der Waals surface area contributed by atoms with Crippen molar-refractivity contribution in [2.45, 2.75) is 6.54 Å². The molecule has 1 N–H and O–H groups in total. The molecule has 0 aliphatic carbocycles. The fourth-order valence-electron chi connectivity index (χ4n) is 0.615. The number of hydrogen-bond acceptors (Lipinski definition) is 4. The summed E-state index contributed by atoms with van der Waals surface area (Å²) in [7, 11) is 3.34. The molecule has 0 atom stereocenters. The first kappa shape index (κ1) is 7.17. The maximum atomic E-state index is 4.63. The van der Waals surface area contributed by atoms with Gasteiger partial charge in [-0.2, -0.15) is 20.5 Å². The largest absolute Gasteiger partial charge is 0.305 e. The van der Waals surface area contributed by atoms with E-state index >= 15 is 0 Å². The molecule has 0 saturated carbocycles. The summed E-state index contributed by atoms with van der Waals surface area (Å²) in [6.07, 6.45) is 1.69. The van der Waals surface area contributed by atoms with Crippen LogP contribution in [0.5, 0.6) is 0 Å². The van der Waals surface area contributed by atoms with Crippen molar-refractivity contribution in [1.29, 1.82) is 0 Å². The molecule has 1 rings (SSSR count). The highest BCUT2D eigenvalue weighted by Gasteiger charge is 1.94. The van der Waals surface area contributed by atoms with Crippen LogP contribution in [-0.4, -0.2) is 22.1 Å². The normalized spacial score (nSPS) is 10.2. The van der Waals surface area contributed by atoms with Gasteiger partial charge in [-0.3, -0.25) is 0 Å². The van der Waals surface area contributed by atoms with Crippen molar-refractivity contribution in [2.24, 2.45) is 7.05 Å². The van der Waals surface area contributed by atoms with Gasteiger partial charge >= 0.3 is 0 Å². The first-order valence-electron chi connectivity index (χ1n) is 2.94. The topological polar surface area (TPSA) is 52.0 Å². The highest BCUT2D eigenvalue weighted by atomic mass is 16.6. The molecule has 0 spiro atoms. The molecule has 0 aliphatic rings. The molecule has 1 aromatic heterocycles. The smallest absolute Gasteiger partial charge is 0.0988 e. The Morgan fingerprint density at radius 1 is 1.80 bits per heavy atom. The Morgan fingerprint density at radius 3 is 3.10 bits per heavy atom. The van der Waals surface area contributed by atoms with E-state index in [1.54, 1.807) is 20.4 Å². The maximum absolute atomic E-state index is 4.63. The van der Waals surface area contributed by atoms with Crippen LogP contribution in [-0.2, 0) is 18.4 Å². The van der Waals surface area contributed by atoms with Gasteiger partial charge in [0.15, 0.2) is 0 Å². The second-order valence-corrected chi connectivity index (χ2v) is 1.85. The summed E-state index contributed by atoms with van der Waals surface area (Å²) in [5.74, 6) is 0. The third-order valence-electron chi connectivity index (χ3n) is 1.04. The molecule has 1 heterocycles. The molecule has 0 radical (unpaired) electrons. The van der Waals surface area contributed by atoms with E-state index in [1.165, 1.54) is 4.80 Å². The Labute approximate surface area is 58.9 Å². The Kier molecular flexibility index (Phi) is 2.35. The van der Waals surface area contributed by atoms with Gasteiger partial charge in [-0.1, -0.05) is 0 Å². The standard InChI is InChI=1S/C5H10N4O/c1-9-6-3-5(8-9)4-7-10-2/h3,7H,4H2,1-2H3. The lowest BCUT2D eigenvalue weighted by atomic mass is 10.5. The zero-order chi connectivity index (χ0) is 7.40. The molecule has 0 aliphatic heterocycles. The number of hydroxylamine groups is 1. The summed E-state index contributed by atoms with van der Waals surface area (Å²) in [4.78, 5) is 6.13. The van der Waals surface area contributed by atoms with Crippen LogP contribution in [0.2, 0.25) is 0 Å². The lowest BCUT2D eigenvalue weighted by Gasteiger charge is -1.94. The fourth-order valence-corrected chi connectivity index (χ4v) is 0.615. The molecular formula is C5H10N4O. The van der Waals surface area contributed by atoms with Gasteiger partial charge in [0.25, 0.3) is 0 Å². The molecule has 0 aromatic carbocycles. The van der Waals surface area contributed by atoms with Gasteiger partial charge in [-0.25, -0.2) is 0 Å². The maximum Gasteiger partial charge on any atom is 0.0988 e. The van der Waals surface area contributed by atoms with Gasteiger partial charge in [0, 0.05) is 7.05 Å². The molecule has 5 heteroatoms. The summed E-state index contributed by atoms with van der Waals surface area (Å²) in [5.41, 5.74) is 3.53. The molecule has 0 fully saturated rings. The zero-order valence-corrected chi connectivity index (χ0v) is 6.03. The number of aryl methyl sites for hydroxylation is 1. The van der Waals surface area contributed by atoms with E-state index in [4.69, 9.17) is 0 Å². The highest BCUT2D eigenvalue weighted by Crippen LogP contribution is 1.87. The molecule has 5 nitrogen and oxygen atoms in total. The van der Waals surface area contributed by atoms with Gasteiger partial charge in [-0.05, 0) is 0 Å². The van der Waals surface area contributed by atoms with Crippen LogP contribution in [0.4, 0.5) is 0 Å². The van der Waals surface area contributed by atoms with Gasteiger partial charge in [-0.15, -0.1) is 0 Å². The number of aromatic nitrogens is 3.